The molecule has 5 nitrogen and oxygen atoms in total. The summed E-state index contributed by atoms with van der Waals surface area (Å²) in [4.78, 5) is 0. The highest BCUT2D eigenvalue weighted by Crippen LogP contribution is 2.17. The SMILES string of the molecule is Cc1[nH]ncc1CNCC1(O)CCOC1. The molecule has 0 radical (unpaired) electrons. The van der Waals surface area contributed by atoms with Crippen molar-refractivity contribution in [1.29, 1.82) is 0 Å². The third-order valence-corrected chi connectivity index (χ3v) is 2.79. The summed E-state index contributed by atoms with van der Waals surface area (Å²) in [5.41, 5.74) is 1.52. The Kier molecular flexibility index (Phi) is 3.04. The van der Waals surface area contributed by atoms with Gasteiger partial charge in [-0.25, -0.2) is 0 Å². The summed E-state index contributed by atoms with van der Waals surface area (Å²) < 4.78 is 5.16. The molecule has 84 valence electrons. The maximum atomic E-state index is 9.98. The zero-order valence-corrected chi connectivity index (χ0v) is 8.92. The van der Waals surface area contributed by atoms with Crippen molar-refractivity contribution in [2.45, 2.75) is 25.5 Å². The lowest BCUT2D eigenvalue weighted by Crippen LogP contribution is -2.40. The van der Waals surface area contributed by atoms with E-state index < -0.39 is 5.60 Å². The van der Waals surface area contributed by atoms with Gasteiger partial charge in [0.05, 0.1) is 12.8 Å². The summed E-state index contributed by atoms with van der Waals surface area (Å²) >= 11 is 0. The molecule has 1 saturated heterocycles. The zero-order chi connectivity index (χ0) is 10.7. The Morgan fingerprint density at radius 1 is 1.73 bits per heavy atom. The summed E-state index contributed by atoms with van der Waals surface area (Å²) in [5, 5.41) is 20.0. The molecule has 1 aromatic heterocycles. The number of H-pyrrole nitrogens is 1. The minimum atomic E-state index is -0.683. The lowest BCUT2D eigenvalue weighted by Gasteiger charge is -2.20. The highest BCUT2D eigenvalue weighted by Gasteiger charge is 2.31. The van der Waals surface area contributed by atoms with Gasteiger partial charge in [0, 0.05) is 37.4 Å². The maximum absolute atomic E-state index is 9.98. The third-order valence-electron chi connectivity index (χ3n) is 2.79. The summed E-state index contributed by atoms with van der Waals surface area (Å²) in [5.74, 6) is 0. The van der Waals surface area contributed by atoms with Crippen LogP contribution in [-0.2, 0) is 11.3 Å². The number of nitrogens with one attached hydrogen (secondary N) is 2. The normalized spacial score (nSPS) is 26.0. The van der Waals surface area contributed by atoms with Gasteiger partial charge >= 0.3 is 0 Å². The van der Waals surface area contributed by atoms with Gasteiger partial charge in [0.25, 0.3) is 0 Å². The second kappa shape index (κ2) is 4.30. The molecule has 2 rings (SSSR count). The van der Waals surface area contributed by atoms with Crippen LogP contribution in [0.5, 0.6) is 0 Å². The number of rotatable bonds is 4. The van der Waals surface area contributed by atoms with Gasteiger partial charge in [-0.3, -0.25) is 5.10 Å². The van der Waals surface area contributed by atoms with Gasteiger partial charge in [-0.15, -0.1) is 0 Å². The Labute approximate surface area is 88.8 Å². The van der Waals surface area contributed by atoms with Crippen molar-refractivity contribution in [1.82, 2.24) is 15.5 Å². The van der Waals surface area contributed by atoms with Crippen LogP contribution in [0.4, 0.5) is 0 Å². The van der Waals surface area contributed by atoms with Crippen LogP contribution in [0.2, 0.25) is 0 Å². The lowest BCUT2D eigenvalue weighted by molar-refractivity contribution is 0.0268. The second-order valence-electron chi connectivity index (χ2n) is 4.15. The fourth-order valence-electron chi connectivity index (χ4n) is 1.72. The van der Waals surface area contributed by atoms with E-state index in [0.29, 0.717) is 26.2 Å². The van der Waals surface area contributed by atoms with E-state index in [9.17, 15) is 5.11 Å². The van der Waals surface area contributed by atoms with E-state index in [1.165, 1.54) is 0 Å². The van der Waals surface area contributed by atoms with E-state index >= 15 is 0 Å². The minimum absolute atomic E-state index is 0.435. The fraction of sp³-hybridized carbons (Fsp3) is 0.700. The number of aryl methyl sites for hydroxylation is 1. The van der Waals surface area contributed by atoms with Crippen molar-refractivity contribution in [3.8, 4) is 0 Å². The van der Waals surface area contributed by atoms with Gasteiger partial charge in [-0.05, 0) is 6.92 Å². The molecule has 1 aliphatic heterocycles. The molecule has 0 aliphatic carbocycles. The minimum Gasteiger partial charge on any atom is -0.386 e. The van der Waals surface area contributed by atoms with Gasteiger partial charge in [0.15, 0.2) is 0 Å². The maximum Gasteiger partial charge on any atom is 0.102 e. The Bertz CT molecular complexity index is 318. The van der Waals surface area contributed by atoms with E-state index in [-0.39, 0.29) is 0 Å². The first-order chi connectivity index (χ1) is 7.20. The molecule has 3 N–H and O–H groups in total. The molecule has 1 aliphatic rings. The van der Waals surface area contributed by atoms with Crippen LogP contribution >= 0.6 is 0 Å². The Balaban J connectivity index is 1.77. The first kappa shape index (κ1) is 10.6. The molecule has 0 aromatic carbocycles. The number of hydrogen-bond acceptors (Lipinski definition) is 4. The molecule has 1 atom stereocenters. The summed E-state index contributed by atoms with van der Waals surface area (Å²) in [7, 11) is 0. The van der Waals surface area contributed by atoms with Crippen LogP contribution in [0.3, 0.4) is 0 Å². The van der Waals surface area contributed by atoms with E-state index in [1.54, 1.807) is 6.20 Å². The smallest absolute Gasteiger partial charge is 0.102 e. The van der Waals surface area contributed by atoms with Crippen molar-refractivity contribution >= 4 is 0 Å². The van der Waals surface area contributed by atoms with Gasteiger partial charge in [0.2, 0.25) is 0 Å². The molecule has 0 amide bonds. The largest absolute Gasteiger partial charge is 0.386 e. The van der Waals surface area contributed by atoms with Gasteiger partial charge in [-0.2, -0.15) is 5.10 Å². The van der Waals surface area contributed by atoms with Crippen LogP contribution in [0.15, 0.2) is 6.20 Å². The summed E-state index contributed by atoms with van der Waals surface area (Å²) in [6.07, 6.45) is 2.52. The Hall–Kier alpha value is -0.910. The van der Waals surface area contributed by atoms with Crippen LogP contribution in [0.1, 0.15) is 17.7 Å². The van der Waals surface area contributed by atoms with Gasteiger partial charge < -0.3 is 15.2 Å². The fourth-order valence-corrected chi connectivity index (χ4v) is 1.72. The Morgan fingerprint density at radius 2 is 2.60 bits per heavy atom. The third kappa shape index (κ3) is 2.56. The number of nitrogens with zero attached hydrogens (tertiary/aromatic N) is 1. The molecular weight excluding hydrogens is 194 g/mol. The molecule has 0 bridgehead atoms. The van der Waals surface area contributed by atoms with Crippen molar-refractivity contribution in [3.05, 3.63) is 17.5 Å². The predicted octanol–water partition coefficient (Wildman–Crippen LogP) is -0.0409. The molecular formula is C10H17N3O2. The standard InChI is InChI=1S/C10H17N3O2/c1-8-9(5-12-13-8)4-11-6-10(14)2-3-15-7-10/h5,11,14H,2-4,6-7H2,1H3,(H,12,13). The average Bonchev–Trinajstić information content (AvgIpc) is 2.78. The topological polar surface area (TPSA) is 70.2 Å². The van der Waals surface area contributed by atoms with E-state index in [2.05, 4.69) is 15.5 Å². The monoisotopic (exact) mass is 211 g/mol. The number of hydrogen-bond donors (Lipinski definition) is 3. The number of aromatic amines is 1. The first-order valence-electron chi connectivity index (χ1n) is 5.19. The van der Waals surface area contributed by atoms with Gasteiger partial charge in [0.1, 0.15) is 5.60 Å². The molecule has 5 heteroatoms. The molecule has 1 aromatic rings. The van der Waals surface area contributed by atoms with Crippen molar-refractivity contribution in [2.24, 2.45) is 0 Å². The van der Waals surface area contributed by atoms with Crippen LogP contribution in [0.25, 0.3) is 0 Å². The lowest BCUT2D eigenvalue weighted by atomic mass is 10.0. The van der Waals surface area contributed by atoms with E-state index in [4.69, 9.17) is 4.74 Å². The molecule has 0 spiro atoms. The zero-order valence-electron chi connectivity index (χ0n) is 8.92. The average molecular weight is 211 g/mol. The van der Waals surface area contributed by atoms with E-state index in [1.807, 2.05) is 6.92 Å². The highest BCUT2D eigenvalue weighted by atomic mass is 16.5. The van der Waals surface area contributed by atoms with Crippen LogP contribution in [0, 0.1) is 6.92 Å². The van der Waals surface area contributed by atoms with Crippen molar-refractivity contribution < 1.29 is 9.84 Å². The molecule has 15 heavy (non-hydrogen) atoms. The molecule has 2 heterocycles. The number of aromatic nitrogens is 2. The van der Waals surface area contributed by atoms with E-state index in [0.717, 1.165) is 17.8 Å². The molecule has 0 saturated carbocycles. The molecule has 1 fully saturated rings. The number of ether oxygens (including phenoxy) is 1. The summed E-state index contributed by atoms with van der Waals surface area (Å²) in [6, 6.07) is 0. The van der Waals surface area contributed by atoms with Crippen LogP contribution in [-0.4, -0.2) is 40.7 Å². The summed E-state index contributed by atoms with van der Waals surface area (Å²) in [6.45, 7) is 4.37. The Morgan fingerprint density at radius 3 is 3.20 bits per heavy atom. The van der Waals surface area contributed by atoms with Crippen LogP contribution < -0.4 is 5.32 Å². The van der Waals surface area contributed by atoms with Crippen molar-refractivity contribution in [3.63, 3.8) is 0 Å². The highest BCUT2D eigenvalue weighted by molar-refractivity contribution is 5.13. The van der Waals surface area contributed by atoms with Gasteiger partial charge in [-0.1, -0.05) is 0 Å². The quantitative estimate of drug-likeness (QED) is 0.653. The second-order valence-corrected chi connectivity index (χ2v) is 4.15. The predicted molar refractivity (Wildman–Crippen MR) is 55.4 cm³/mol. The number of aliphatic hydroxyl groups is 1. The first-order valence-corrected chi connectivity index (χ1v) is 5.19. The molecule has 1 unspecified atom stereocenters. The van der Waals surface area contributed by atoms with Crippen molar-refractivity contribution in [2.75, 3.05) is 19.8 Å².